The predicted molar refractivity (Wildman–Crippen MR) is 82.3 cm³/mol. The number of anilines is 2. The van der Waals surface area contributed by atoms with Crippen molar-refractivity contribution in [3.63, 3.8) is 0 Å². The molecule has 0 fully saturated rings. The monoisotopic (exact) mass is 299 g/mol. The molecule has 0 aliphatic carbocycles. The molecule has 0 aliphatic rings. The number of thiophene rings is 1. The van der Waals surface area contributed by atoms with E-state index >= 15 is 0 Å². The maximum Gasteiger partial charge on any atom is 0.265 e. The summed E-state index contributed by atoms with van der Waals surface area (Å²) < 4.78 is 0. The largest absolute Gasteiger partial charge is 0.321 e. The van der Waals surface area contributed by atoms with Gasteiger partial charge in [0.1, 0.15) is 0 Å². The van der Waals surface area contributed by atoms with Gasteiger partial charge in [0.25, 0.3) is 5.91 Å². The molecule has 2 amide bonds. The molecule has 1 aromatic heterocycles. The van der Waals surface area contributed by atoms with E-state index in [0.717, 1.165) is 5.56 Å². The molecule has 0 atom stereocenters. The summed E-state index contributed by atoms with van der Waals surface area (Å²) in [7, 11) is 0. The number of carbonyl (C=O) groups is 2. The summed E-state index contributed by atoms with van der Waals surface area (Å²) in [4.78, 5) is 23.5. The molecule has 106 valence electrons. The summed E-state index contributed by atoms with van der Waals surface area (Å²) in [5, 5.41) is 14.6. The maximum absolute atomic E-state index is 12.1. The van der Waals surface area contributed by atoms with Gasteiger partial charge in [0.2, 0.25) is 5.91 Å². The number of nitrogens with zero attached hydrogens (tertiary/aromatic N) is 1. The average molecular weight is 299 g/mol. The summed E-state index contributed by atoms with van der Waals surface area (Å²) in [6, 6.07) is 12.5. The van der Waals surface area contributed by atoms with Gasteiger partial charge in [0.15, 0.2) is 0 Å². The number of nitriles is 1. The van der Waals surface area contributed by atoms with Crippen molar-refractivity contribution in [3.8, 4) is 6.07 Å². The Hall–Kier alpha value is -2.65. The van der Waals surface area contributed by atoms with Crippen LogP contribution in [0.3, 0.4) is 0 Å². The lowest BCUT2D eigenvalue weighted by molar-refractivity contribution is -0.114. The van der Waals surface area contributed by atoms with Crippen molar-refractivity contribution in [2.24, 2.45) is 0 Å². The second-order valence-corrected chi connectivity index (χ2v) is 5.41. The van der Waals surface area contributed by atoms with E-state index in [-0.39, 0.29) is 11.8 Å². The van der Waals surface area contributed by atoms with Crippen molar-refractivity contribution in [1.29, 1.82) is 5.26 Å². The zero-order valence-electron chi connectivity index (χ0n) is 11.3. The molecule has 5 nitrogen and oxygen atoms in total. The van der Waals surface area contributed by atoms with E-state index in [9.17, 15) is 9.59 Å². The molecule has 21 heavy (non-hydrogen) atoms. The average Bonchev–Trinajstić information content (AvgIpc) is 2.89. The Kier molecular flexibility index (Phi) is 4.69. The fourth-order valence-corrected chi connectivity index (χ4v) is 2.54. The summed E-state index contributed by atoms with van der Waals surface area (Å²) in [5.41, 5.74) is 1.57. The molecule has 6 heteroatoms. The quantitative estimate of drug-likeness (QED) is 0.910. The van der Waals surface area contributed by atoms with Crippen molar-refractivity contribution in [3.05, 3.63) is 46.8 Å². The van der Waals surface area contributed by atoms with Crippen LogP contribution in [0.4, 0.5) is 10.7 Å². The Morgan fingerprint density at radius 2 is 1.86 bits per heavy atom. The highest BCUT2D eigenvalue weighted by atomic mass is 32.1. The second kappa shape index (κ2) is 6.68. The number of carbonyl (C=O) groups excluding carboxylic acids is 2. The van der Waals surface area contributed by atoms with Gasteiger partial charge in [0.05, 0.1) is 22.4 Å². The number of rotatable bonds is 4. The first kappa shape index (κ1) is 14.8. The Labute approximate surface area is 126 Å². The van der Waals surface area contributed by atoms with E-state index in [4.69, 9.17) is 5.26 Å². The fourth-order valence-electron chi connectivity index (χ4n) is 1.69. The molecule has 0 unspecified atom stereocenters. The van der Waals surface area contributed by atoms with Gasteiger partial charge in [-0.25, -0.2) is 0 Å². The number of hydrogen-bond donors (Lipinski definition) is 2. The van der Waals surface area contributed by atoms with Gasteiger partial charge in [-0.15, -0.1) is 11.3 Å². The molecule has 0 saturated carbocycles. The minimum atomic E-state index is -0.232. The summed E-state index contributed by atoms with van der Waals surface area (Å²) in [6.45, 7) is 1.42. The maximum atomic E-state index is 12.1. The third-order valence-corrected chi connectivity index (χ3v) is 3.62. The van der Waals surface area contributed by atoms with Crippen LogP contribution >= 0.6 is 11.3 Å². The van der Waals surface area contributed by atoms with Gasteiger partial charge < -0.3 is 10.6 Å². The smallest absolute Gasteiger partial charge is 0.265 e. The van der Waals surface area contributed by atoms with Crippen LogP contribution in [-0.4, -0.2) is 11.8 Å². The Bertz CT molecular complexity index is 698. The lowest BCUT2D eigenvalue weighted by Gasteiger charge is -2.04. The van der Waals surface area contributed by atoms with E-state index in [2.05, 4.69) is 16.7 Å². The molecule has 1 heterocycles. The van der Waals surface area contributed by atoms with Gasteiger partial charge >= 0.3 is 0 Å². The van der Waals surface area contributed by atoms with Crippen LogP contribution in [0.25, 0.3) is 0 Å². The highest BCUT2D eigenvalue weighted by Gasteiger charge is 2.10. The molecule has 0 aliphatic heterocycles. The molecular weight excluding hydrogens is 286 g/mol. The second-order valence-electron chi connectivity index (χ2n) is 4.33. The standard InChI is InChI=1S/C15H13N3O2S/c1-10(19)17-14-7-6-13(21-14)15(20)18-12-4-2-11(3-5-12)8-9-16/h2-7H,8H2,1H3,(H,17,19)(H,18,20). The third-order valence-electron chi connectivity index (χ3n) is 2.62. The van der Waals surface area contributed by atoms with Crippen LogP contribution < -0.4 is 10.6 Å². The van der Waals surface area contributed by atoms with Crippen LogP contribution in [-0.2, 0) is 11.2 Å². The zero-order chi connectivity index (χ0) is 15.2. The SMILES string of the molecule is CC(=O)Nc1ccc(C(=O)Nc2ccc(CC#N)cc2)s1. The van der Waals surface area contributed by atoms with E-state index in [1.54, 1.807) is 36.4 Å². The molecule has 0 bridgehead atoms. The number of nitrogens with one attached hydrogen (secondary N) is 2. The molecular formula is C15H13N3O2S. The van der Waals surface area contributed by atoms with Gasteiger partial charge in [-0.1, -0.05) is 12.1 Å². The van der Waals surface area contributed by atoms with E-state index in [1.807, 2.05) is 0 Å². The minimum Gasteiger partial charge on any atom is -0.321 e. The van der Waals surface area contributed by atoms with Crippen molar-refractivity contribution in [2.45, 2.75) is 13.3 Å². The molecule has 2 N–H and O–H groups in total. The molecule has 0 saturated heterocycles. The van der Waals surface area contributed by atoms with Gasteiger partial charge in [0, 0.05) is 12.6 Å². The first-order valence-electron chi connectivity index (χ1n) is 6.23. The van der Waals surface area contributed by atoms with E-state index in [0.29, 0.717) is 22.0 Å². The van der Waals surface area contributed by atoms with Crippen LogP contribution in [0, 0.1) is 11.3 Å². The third kappa shape index (κ3) is 4.16. The van der Waals surface area contributed by atoms with Gasteiger partial charge in [-0.3, -0.25) is 9.59 Å². The van der Waals surface area contributed by atoms with Crippen molar-refractivity contribution in [1.82, 2.24) is 0 Å². The Balaban J connectivity index is 2.02. The fraction of sp³-hybridized carbons (Fsp3) is 0.133. The number of benzene rings is 1. The van der Waals surface area contributed by atoms with Crippen LogP contribution in [0.2, 0.25) is 0 Å². The highest BCUT2D eigenvalue weighted by Crippen LogP contribution is 2.23. The minimum absolute atomic E-state index is 0.170. The van der Waals surface area contributed by atoms with Crippen LogP contribution in [0.15, 0.2) is 36.4 Å². The normalized spacial score (nSPS) is 9.71. The highest BCUT2D eigenvalue weighted by molar-refractivity contribution is 7.18. The van der Waals surface area contributed by atoms with Gasteiger partial charge in [-0.2, -0.15) is 5.26 Å². The number of hydrogen-bond acceptors (Lipinski definition) is 4. The number of amides is 2. The molecule has 1 aromatic carbocycles. The molecule has 2 rings (SSSR count). The van der Waals surface area contributed by atoms with Gasteiger partial charge in [-0.05, 0) is 29.8 Å². The van der Waals surface area contributed by atoms with E-state index < -0.39 is 0 Å². The zero-order valence-corrected chi connectivity index (χ0v) is 12.2. The van der Waals surface area contributed by atoms with Crippen molar-refractivity contribution >= 4 is 33.8 Å². The molecule has 0 radical (unpaired) electrons. The first-order valence-corrected chi connectivity index (χ1v) is 7.05. The molecule has 2 aromatic rings. The lowest BCUT2D eigenvalue weighted by atomic mass is 10.1. The lowest BCUT2D eigenvalue weighted by Crippen LogP contribution is -2.10. The Morgan fingerprint density at radius 1 is 1.14 bits per heavy atom. The topological polar surface area (TPSA) is 82.0 Å². The van der Waals surface area contributed by atoms with Crippen molar-refractivity contribution in [2.75, 3.05) is 10.6 Å². The van der Waals surface area contributed by atoms with Crippen molar-refractivity contribution < 1.29 is 9.59 Å². The Morgan fingerprint density at radius 3 is 2.48 bits per heavy atom. The molecule has 0 spiro atoms. The summed E-state index contributed by atoms with van der Waals surface area (Å²) >= 11 is 1.21. The van der Waals surface area contributed by atoms with E-state index in [1.165, 1.54) is 18.3 Å². The summed E-state index contributed by atoms with van der Waals surface area (Å²) in [6.07, 6.45) is 0.346. The summed E-state index contributed by atoms with van der Waals surface area (Å²) in [5.74, 6) is -0.401. The van der Waals surface area contributed by atoms with Crippen LogP contribution in [0.5, 0.6) is 0 Å². The predicted octanol–water partition coefficient (Wildman–Crippen LogP) is 3.02. The first-order chi connectivity index (χ1) is 10.1. The van der Waals surface area contributed by atoms with Crippen LogP contribution in [0.1, 0.15) is 22.2 Å².